The Morgan fingerprint density at radius 3 is 2.81 bits per heavy atom. The van der Waals surface area contributed by atoms with E-state index < -0.39 is 0 Å². The topological polar surface area (TPSA) is 63.4 Å². The molecule has 2 aromatic carbocycles. The van der Waals surface area contributed by atoms with Crippen LogP contribution in [0.2, 0.25) is 0 Å². The van der Waals surface area contributed by atoms with Gasteiger partial charge < -0.3 is 15.8 Å². The molecule has 1 aliphatic rings. The summed E-state index contributed by atoms with van der Waals surface area (Å²) in [6.45, 7) is 9.84. The fraction of sp³-hybridized carbons (Fsp3) is 0.370. The van der Waals surface area contributed by atoms with E-state index in [-0.39, 0.29) is 0 Å². The van der Waals surface area contributed by atoms with E-state index in [9.17, 15) is 0 Å². The zero-order valence-corrected chi connectivity index (χ0v) is 19.6. The molecule has 5 nitrogen and oxygen atoms in total. The summed E-state index contributed by atoms with van der Waals surface area (Å²) in [6, 6.07) is 15.2. The van der Waals surface area contributed by atoms with Crippen LogP contribution in [0.4, 0.5) is 11.4 Å². The van der Waals surface area contributed by atoms with Crippen molar-refractivity contribution in [1.29, 1.82) is 0 Å². The van der Waals surface area contributed by atoms with Crippen molar-refractivity contribution in [1.82, 2.24) is 9.88 Å². The number of hydrogen-bond donors (Lipinski definition) is 2. The van der Waals surface area contributed by atoms with Crippen LogP contribution in [-0.4, -0.2) is 30.1 Å². The maximum atomic E-state index is 6.41. The van der Waals surface area contributed by atoms with Gasteiger partial charge in [-0.15, -0.1) is 0 Å². The highest BCUT2D eigenvalue weighted by atomic mass is 16.5. The van der Waals surface area contributed by atoms with Gasteiger partial charge in [-0.05, 0) is 66.3 Å². The number of nitrogens with one attached hydrogen (secondary N) is 1. The fourth-order valence-corrected chi connectivity index (χ4v) is 4.68. The predicted octanol–water partition coefficient (Wildman–Crippen LogP) is 5.26. The number of rotatable bonds is 6. The lowest BCUT2D eigenvalue weighted by Gasteiger charge is -2.24. The zero-order chi connectivity index (χ0) is 22.7. The fourth-order valence-electron chi connectivity index (χ4n) is 4.68. The Kier molecular flexibility index (Phi) is 6.66. The van der Waals surface area contributed by atoms with E-state index in [1.807, 2.05) is 25.4 Å². The number of pyridine rings is 1. The highest BCUT2D eigenvalue weighted by molar-refractivity contribution is 5.71. The summed E-state index contributed by atoms with van der Waals surface area (Å²) in [5.41, 5.74) is 15.7. The second-order valence-electron chi connectivity index (χ2n) is 8.65. The maximum Gasteiger partial charge on any atom is 0.142 e. The number of nitrogens with two attached hydrogens (primary N) is 1. The number of ether oxygens (including phenoxy) is 1. The molecule has 4 rings (SSSR count). The molecule has 0 aliphatic carbocycles. The van der Waals surface area contributed by atoms with Crippen LogP contribution in [0.25, 0.3) is 0 Å². The minimum absolute atomic E-state index is 0.317. The second-order valence-corrected chi connectivity index (χ2v) is 8.65. The first kappa shape index (κ1) is 22.2. The summed E-state index contributed by atoms with van der Waals surface area (Å²) in [4.78, 5) is 6.97. The number of nitrogen functional groups attached to an aromatic ring is 1. The van der Waals surface area contributed by atoms with Crippen molar-refractivity contribution in [2.24, 2.45) is 0 Å². The van der Waals surface area contributed by atoms with Crippen molar-refractivity contribution in [3.05, 3.63) is 82.2 Å². The van der Waals surface area contributed by atoms with Crippen LogP contribution in [0.3, 0.4) is 0 Å². The molecule has 2 heterocycles. The van der Waals surface area contributed by atoms with Crippen LogP contribution in [0.15, 0.2) is 48.7 Å². The molecule has 0 radical (unpaired) electrons. The van der Waals surface area contributed by atoms with Crippen molar-refractivity contribution in [3.63, 3.8) is 0 Å². The molecule has 1 aromatic heterocycles. The molecular formula is C27H34N4O. The second kappa shape index (κ2) is 9.61. The summed E-state index contributed by atoms with van der Waals surface area (Å²) in [5.74, 6) is 1.22. The molecule has 0 spiro atoms. The molecule has 0 saturated heterocycles. The SMILES string of the molecule is CCC(c1ccc(C)c(CN2CCOc3cccnc3C2)c1)c1ccc(NC)c(N)c1C. The van der Waals surface area contributed by atoms with Gasteiger partial charge in [-0.2, -0.15) is 0 Å². The van der Waals surface area contributed by atoms with Gasteiger partial charge in [0, 0.05) is 38.8 Å². The van der Waals surface area contributed by atoms with E-state index in [0.717, 1.165) is 54.4 Å². The van der Waals surface area contributed by atoms with Gasteiger partial charge in [0.15, 0.2) is 0 Å². The highest BCUT2D eigenvalue weighted by Gasteiger charge is 2.20. The lowest BCUT2D eigenvalue weighted by Crippen LogP contribution is -2.26. The molecular weight excluding hydrogens is 396 g/mol. The molecule has 0 bridgehead atoms. The van der Waals surface area contributed by atoms with Crippen LogP contribution in [0, 0.1) is 13.8 Å². The van der Waals surface area contributed by atoms with Crippen molar-refractivity contribution in [2.45, 2.75) is 46.2 Å². The molecule has 32 heavy (non-hydrogen) atoms. The molecule has 3 N–H and O–H groups in total. The smallest absolute Gasteiger partial charge is 0.142 e. The van der Waals surface area contributed by atoms with Gasteiger partial charge in [0.05, 0.1) is 17.1 Å². The van der Waals surface area contributed by atoms with Gasteiger partial charge in [0.1, 0.15) is 12.4 Å². The van der Waals surface area contributed by atoms with E-state index in [4.69, 9.17) is 10.5 Å². The normalized spacial score (nSPS) is 14.9. The molecule has 1 aliphatic heterocycles. The molecule has 3 aromatic rings. The number of aryl methyl sites for hydroxylation is 1. The lowest BCUT2D eigenvalue weighted by atomic mass is 9.84. The number of benzene rings is 2. The van der Waals surface area contributed by atoms with Crippen LogP contribution >= 0.6 is 0 Å². The summed E-state index contributed by atoms with van der Waals surface area (Å²) in [7, 11) is 1.91. The van der Waals surface area contributed by atoms with Crippen LogP contribution in [0.5, 0.6) is 5.75 Å². The Balaban J connectivity index is 1.62. The molecule has 1 unspecified atom stereocenters. The largest absolute Gasteiger partial charge is 0.490 e. The first-order valence-corrected chi connectivity index (χ1v) is 11.5. The predicted molar refractivity (Wildman–Crippen MR) is 132 cm³/mol. The number of anilines is 2. The van der Waals surface area contributed by atoms with E-state index in [1.165, 1.54) is 22.3 Å². The van der Waals surface area contributed by atoms with Gasteiger partial charge in [-0.25, -0.2) is 0 Å². The van der Waals surface area contributed by atoms with E-state index in [2.05, 4.69) is 66.3 Å². The highest BCUT2D eigenvalue weighted by Crippen LogP contribution is 2.36. The minimum Gasteiger partial charge on any atom is -0.490 e. The average molecular weight is 431 g/mol. The molecule has 1 atom stereocenters. The first-order chi connectivity index (χ1) is 15.5. The summed E-state index contributed by atoms with van der Waals surface area (Å²) >= 11 is 0. The van der Waals surface area contributed by atoms with Crippen molar-refractivity contribution in [2.75, 3.05) is 31.2 Å². The maximum absolute atomic E-state index is 6.41. The molecule has 0 fully saturated rings. The number of aromatic nitrogens is 1. The number of hydrogen-bond acceptors (Lipinski definition) is 5. The Bertz CT molecular complexity index is 1100. The molecule has 0 saturated carbocycles. The summed E-state index contributed by atoms with van der Waals surface area (Å²) in [5, 5.41) is 3.19. The summed E-state index contributed by atoms with van der Waals surface area (Å²) in [6.07, 6.45) is 2.87. The van der Waals surface area contributed by atoms with Crippen molar-refractivity contribution >= 4 is 11.4 Å². The van der Waals surface area contributed by atoms with Gasteiger partial charge in [0.25, 0.3) is 0 Å². The third-order valence-electron chi connectivity index (χ3n) is 6.67. The standard InChI is InChI=1S/C27H34N4O/c1-5-22(23-10-11-24(29-4)27(28)19(23)3)20-9-8-18(2)21(15-20)16-31-13-14-32-26-7-6-12-30-25(26)17-31/h6-12,15,22,29H,5,13-14,16-17,28H2,1-4H3. The minimum atomic E-state index is 0.317. The third kappa shape index (κ3) is 4.44. The Morgan fingerprint density at radius 2 is 2.03 bits per heavy atom. The van der Waals surface area contributed by atoms with Gasteiger partial charge in [-0.3, -0.25) is 9.88 Å². The van der Waals surface area contributed by atoms with Crippen LogP contribution in [-0.2, 0) is 13.1 Å². The van der Waals surface area contributed by atoms with Gasteiger partial charge in [0.2, 0.25) is 0 Å². The lowest BCUT2D eigenvalue weighted by molar-refractivity contribution is 0.219. The third-order valence-corrected chi connectivity index (χ3v) is 6.67. The monoisotopic (exact) mass is 430 g/mol. The quantitative estimate of drug-likeness (QED) is 0.522. The Hall–Kier alpha value is -3.05. The number of nitrogens with zero attached hydrogens (tertiary/aromatic N) is 2. The summed E-state index contributed by atoms with van der Waals surface area (Å²) < 4.78 is 5.91. The van der Waals surface area contributed by atoms with Crippen molar-refractivity contribution < 1.29 is 4.74 Å². The number of fused-ring (bicyclic) bond motifs is 1. The van der Waals surface area contributed by atoms with Crippen molar-refractivity contribution in [3.8, 4) is 5.75 Å². The van der Waals surface area contributed by atoms with E-state index in [1.54, 1.807) is 0 Å². The van der Waals surface area contributed by atoms with E-state index in [0.29, 0.717) is 12.5 Å². The first-order valence-electron chi connectivity index (χ1n) is 11.5. The van der Waals surface area contributed by atoms with Gasteiger partial charge in [-0.1, -0.05) is 31.2 Å². The van der Waals surface area contributed by atoms with Crippen LogP contribution < -0.4 is 15.8 Å². The molecule has 5 heteroatoms. The molecule has 168 valence electrons. The van der Waals surface area contributed by atoms with Gasteiger partial charge >= 0.3 is 0 Å². The average Bonchev–Trinajstić information content (AvgIpc) is 3.01. The van der Waals surface area contributed by atoms with Crippen LogP contribution in [0.1, 0.15) is 52.8 Å². The van der Waals surface area contributed by atoms with E-state index >= 15 is 0 Å². The molecule has 0 amide bonds. The Labute approximate surface area is 191 Å². The zero-order valence-electron chi connectivity index (χ0n) is 19.6. The Morgan fingerprint density at radius 1 is 1.19 bits per heavy atom.